The zero-order valence-electron chi connectivity index (χ0n) is 15.0. The van der Waals surface area contributed by atoms with Crippen molar-refractivity contribution in [3.8, 4) is 28.7 Å². The summed E-state index contributed by atoms with van der Waals surface area (Å²) in [6, 6.07) is 9.66. The lowest BCUT2D eigenvalue weighted by Gasteiger charge is -2.33. The molecule has 27 heavy (non-hydrogen) atoms. The highest BCUT2D eigenvalue weighted by Crippen LogP contribution is 2.49. The summed E-state index contributed by atoms with van der Waals surface area (Å²) in [5, 5.41) is 10.5. The number of phenolic OH excluding ortho intramolecular Hbond substituents is 1. The van der Waals surface area contributed by atoms with Crippen LogP contribution in [0.4, 0.5) is 0 Å². The van der Waals surface area contributed by atoms with Crippen LogP contribution in [0.3, 0.4) is 0 Å². The van der Waals surface area contributed by atoms with Crippen LogP contribution in [0, 0.1) is 0 Å². The van der Waals surface area contributed by atoms with Crippen molar-refractivity contribution in [1.82, 2.24) is 0 Å². The maximum absolute atomic E-state index is 11.7. The Balaban J connectivity index is 1.87. The number of hydrogen-bond donors (Lipinski definition) is 1. The van der Waals surface area contributed by atoms with E-state index in [9.17, 15) is 9.90 Å². The average molecular weight is 370 g/mol. The van der Waals surface area contributed by atoms with Crippen LogP contribution < -0.4 is 24.6 Å². The summed E-state index contributed by atoms with van der Waals surface area (Å²) < 4.78 is 28.2. The van der Waals surface area contributed by atoms with Gasteiger partial charge < -0.3 is 28.5 Å². The molecular formula is C20H18O7. The number of benzene rings is 2. The van der Waals surface area contributed by atoms with Gasteiger partial charge in [-0.05, 0) is 31.2 Å². The van der Waals surface area contributed by atoms with E-state index >= 15 is 0 Å². The molecule has 7 nitrogen and oxygen atoms in total. The molecule has 4 rings (SSSR count). The van der Waals surface area contributed by atoms with Crippen LogP contribution in [-0.4, -0.2) is 25.4 Å². The maximum Gasteiger partial charge on any atom is 0.336 e. The standard InChI is InChI=1S/C20H18O7/c1-10-17(11-4-6-13(21)14(8-11)23-2)27-20-18-12(5-7-16(22)26-18)9-15(24-3)19(20)25-10/h4-10,17,21H,1-3H3/t10-,17+/m0/s1. The predicted octanol–water partition coefficient (Wildman–Crippen LogP) is 3.42. The first kappa shape index (κ1) is 17.1. The van der Waals surface area contributed by atoms with Gasteiger partial charge in [-0.1, -0.05) is 6.07 Å². The second-order valence-corrected chi connectivity index (χ2v) is 6.20. The van der Waals surface area contributed by atoms with Crippen LogP contribution >= 0.6 is 0 Å². The number of phenols is 1. The van der Waals surface area contributed by atoms with Crippen molar-refractivity contribution in [2.75, 3.05) is 14.2 Å². The van der Waals surface area contributed by atoms with E-state index in [1.54, 1.807) is 24.3 Å². The molecule has 0 bridgehead atoms. The molecule has 0 fully saturated rings. The molecule has 1 aromatic heterocycles. The first-order valence-electron chi connectivity index (χ1n) is 8.37. The minimum absolute atomic E-state index is 0.0316. The van der Waals surface area contributed by atoms with E-state index in [0.717, 1.165) is 5.56 Å². The molecule has 1 aliphatic heterocycles. The largest absolute Gasteiger partial charge is 0.504 e. The highest BCUT2D eigenvalue weighted by molar-refractivity contribution is 5.88. The molecule has 0 saturated carbocycles. The van der Waals surface area contributed by atoms with Gasteiger partial charge in [-0.3, -0.25) is 0 Å². The average Bonchev–Trinajstić information content (AvgIpc) is 2.67. The minimum atomic E-state index is -0.507. The molecule has 140 valence electrons. The number of rotatable bonds is 3. The van der Waals surface area contributed by atoms with Gasteiger partial charge in [0.1, 0.15) is 6.10 Å². The molecule has 2 heterocycles. The molecule has 1 N–H and O–H groups in total. The summed E-state index contributed by atoms with van der Waals surface area (Å²) in [5.74, 6) is 1.53. The third-order valence-electron chi connectivity index (χ3n) is 4.51. The van der Waals surface area contributed by atoms with Crippen molar-refractivity contribution in [3.05, 3.63) is 52.4 Å². The number of fused-ring (bicyclic) bond motifs is 3. The van der Waals surface area contributed by atoms with E-state index in [1.165, 1.54) is 26.4 Å². The minimum Gasteiger partial charge on any atom is -0.504 e. The fourth-order valence-corrected chi connectivity index (χ4v) is 3.19. The normalized spacial score (nSPS) is 18.3. The Morgan fingerprint density at radius 3 is 2.48 bits per heavy atom. The van der Waals surface area contributed by atoms with Crippen molar-refractivity contribution in [2.45, 2.75) is 19.1 Å². The van der Waals surface area contributed by atoms with E-state index in [-0.39, 0.29) is 11.9 Å². The summed E-state index contributed by atoms with van der Waals surface area (Å²) >= 11 is 0. The molecule has 0 radical (unpaired) electrons. The van der Waals surface area contributed by atoms with E-state index in [0.29, 0.717) is 34.0 Å². The number of methoxy groups -OCH3 is 2. The fourth-order valence-electron chi connectivity index (χ4n) is 3.19. The molecule has 0 spiro atoms. The van der Waals surface area contributed by atoms with E-state index in [2.05, 4.69) is 0 Å². The molecule has 0 unspecified atom stereocenters. The Bertz CT molecular complexity index is 1070. The Hall–Kier alpha value is -3.35. The highest BCUT2D eigenvalue weighted by atomic mass is 16.6. The van der Waals surface area contributed by atoms with Gasteiger partial charge in [-0.15, -0.1) is 0 Å². The summed E-state index contributed by atoms with van der Waals surface area (Å²) in [6.07, 6.45) is -0.874. The number of hydrogen-bond acceptors (Lipinski definition) is 7. The van der Waals surface area contributed by atoms with Gasteiger partial charge in [0, 0.05) is 17.0 Å². The Morgan fingerprint density at radius 1 is 0.963 bits per heavy atom. The lowest BCUT2D eigenvalue weighted by atomic mass is 10.0. The molecule has 0 amide bonds. The molecule has 0 aliphatic carbocycles. The van der Waals surface area contributed by atoms with Crippen molar-refractivity contribution in [3.63, 3.8) is 0 Å². The SMILES string of the molecule is COc1cc([C@@H]2Oc3c(c(OC)cc4ccc(=O)oc34)O[C@H]2C)ccc1O. The zero-order chi connectivity index (χ0) is 19.1. The number of ether oxygens (including phenoxy) is 4. The molecule has 0 saturated heterocycles. The van der Waals surface area contributed by atoms with Gasteiger partial charge in [-0.25, -0.2) is 4.79 Å². The summed E-state index contributed by atoms with van der Waals surface area (Å²) in [7, 11) is 3.01. The molecule has 1 aliphatic rings. The van der Waals surface area contributed by atoms with Gasteiger partial charge in [0.2, 0.25) is 11.5 Å². The van der Waals surface area contributed by atoms with Crippen molar-refractivity contribution < 1.29 is 28.5 Å². The van der Waals surface area contributed by atoms with Crippen molar-refractivity contribution in [1.29, 1.82) is 0 Å². The third-order valence-corrected chi connectivity index (χ3v) is 4.51. The van der Waals surface area contributed by atoms with Crippen LogP contribution in [0.25, 0.3) is 11.0 Å². The maximum atomic E-state index is 11.7. The molecular weight excluding hydrogens is 352 g/mol. The summed E-state index contributed by atoms with van der Waals surface area (Å²) in [4.78, 5) is 11.7. The van der Waals surface area contributed by atoms with Crippen molar-refractivity contribution in [2.24, 2.45) is 0 Å². The second kappa shape index (κ2) is 6.42. The zero-order valence-corrected chi connectivity index (χ0v) is 15.0. The van der Waals surface area contributed by atoms with Gasteiger partial charge in [0.15, 0.2) is 28.9 Å². The highest BCUT2D eigenvalue weighted by Gasteiger charge is 2.34. The topological polar surface area (TPSA) is 87.4 Å². The smallest absolute Gasteiger partial charge is 0.336 e. The number of aromatic hydroxyl groups is 1. The van der Waals surface area contributed by atoms with Crippen LogP contribution in [0.15, 0.2) is 45.6 Å². The van der Waals surface area contributed by atoms with E-state index < -0.39 is 11.7 Å². The summed E-state index contributed by atoms with van der Waals surface area (Å²) in [6.45, 7) is 1.86. The van der Waals surface area contributed by atoms with Crippen LogP contribution in [0.1, 0.15) is 18.6 Å². The van der Waals surface area contributed by atoms with E-state index in [1.807, 2.05) is 6.92 Å². The Kier molecular flexibility index (Phi) is 4.07. The van der Waals surface area contributed by atoms with Gasteiger partial charge in [0.05, 0.1) is 14.2 Å². The monoisotopic (exact) mass is 370 g/mol. The second-order valence-electron chi connectivity index (χ2n) is 6.20. The van der Waals surface area contributed by atoms with E-state index in [4.69, 9.17) is 23.4 Å². The lowest BCUT2D eigenvalue weighted by Crippen LogP contribution is -2.31. The Labute approximate surface area is 154 Å². The van der Waals surface area contributed by atoms with Gasteiger partial charge in [0.25, 0.3) is 0 Å². The molecule has 2 atom stereocenters. The van der Waals surface area contributed by atoms with Crippen LogP contribution in [0.5, 0.6) is 28.7 Å². The van der Waals surface area contributed by atoms with Crippen LogP contribution in [-0.2, 0) is 0 Å². The first-order chi connectivity index (χ1) is 13.0. The van der Waals surface area contributed by atoms with Crippen LogP contribution in [0.2, 0.25) is 0 Å². The lowest BCUT2D eigenvalue weighted by molar-refractivity contribution is 0.0286. The molecule has 3 aromatic rings. The molecule has 7 heteroatoms. The summed E-state index contributed by atoms with van der Waals surface area (Å²) in [5.41, 5.74) is 0.554. The first-order valence-corrected chi connectivity index (χ1v) is 8.37. The molecule has 2 aromatic carbocycles. The third kappa shape index (κ3) is 2.81. The fraction of sp³-hybridized carbons (Fsp3) is 0.250. The Morgan fingerprint density at radius 2 is 1.74 bits per heavy atom. The predicted molar refractivity (Wildman–Crippen MR) is 97.2 cm³/mol. The van der Waals surface area contributed by atoms with Gasteiger partial charge >= 0.3 is 5.63 Å². The van der Waals surface area contributed by atoms with Crippen molar-refractivity contribution >= 4 is 11.0 Å². The quantitative estimate of drug-likeness (QED) is 0.707. The van der Waals surface area contributed by atoms with Gasteiger partial charge in [-0.2, -0.15) is 0 Å².